The Kier molecular flexibility index (Phi) is 4.76. The number of aromatic nitrogens is 1. The van der Waals surface area contributed by atoms with Crippen LogP contribution in [0.2, 0.25) is 5.02 Å². The predicted octanol–water partition coefficient (Wildman–Crippen LogP) is 2.82. The smallest absolute Gasteiger partial charge is 0.240 e. The van der Waals surface area contributed by atoms with Crippen LogP contribution in [0.5, 0.6) is 0 Å². The molecular weight excluding hydrogens is 308 g/mol. The third kappa shape index (κ3) is 3.67. The SMILES string of the molecule is Cc1cc(CCNS(=O)(=O)c2cccc(Cl)c2)c(C)n1C. The molecule has 0 atom stereocenters. The Morgan fingerprint density at radius 1 is 1.24 bits per heavy atom. The number of hydrogen-bond acceptors (Lipinski definition) is 2. The first-order valence-corrected chi connectivity index (χ1v) is 8.54. The van der Waals surface area contributed by atoms with Gasteiger partial charge in [-0.1, -0.05) is 17.7 Å². The van der Waals surface area contributed by atoms with Gasteiger partial charge in [0.1, 0.15) is 0 Å². The van der Waals surface area contributed by atoms with Gasteiger partial charge in [-0.15, -0.1) is 0 Å². The van der Waals surface area contributed by atoms with Gasteiger partial charge in [0.2, 0.25) is 10.0 Å². The normalized spacial score (nSPS) is 11.8. The molecule has 0 saturated heterocycles. The number of halogens is 1. The molecule has 0 aliphatic heterocycles. The van der Waals surface area contributed by atoms with Gasteiger partial charge in [-0.05, 0) is 50.1 Å². The molecule has 4 nitrogen and oxygen atoms in total. The van der Waals surface area contributed by atoms with Crippen LogP contribution in [0.4, 0.5) is 0 Å². The summed E-state index contributed by atoms with van der Waals surface area (Å²) in [4.78, 5) is 0.191. The van der Waals surface area contributed by atoms with E-state index in [-0.39, 0.29) is 4.90 Å². The number of hydrogen-bond donors (Lipinski definition) is 1. The molecule has 1 N–H and O–H groups in total. The van der Waals surface area contributed by atoms with Gasteiger partial charge in [-0.2, -0.15) is 0 Å². The first-order chi connectivity index (χ1) is 9.81. The molecule has 0 aliphatic carbocycles. The maximum atomic E-state index is 12.2. The zero-order chi connectivity index (χ0) is 15.6. The highest BCUT2D eigenvalue weighted by atomic mass is 35.5. The van der Waals surface area contributed by atoms with E-state index < -0.39 is 10.0 Å². The van der Waals surface area contributed by atoms with Crippen LogP contribution in [-0.2, 0) is 23.5 Å². The Bertz CT molecular complexity index is 751. The second-order valence-electron chi connectivity index (χ2n) is 5.06. The Labute approximate surface area is 130 Å². The fraction of sp³-hybridized carbons (Fsp3) is 0.333. The van der Waals surface area contributed by atoms with Crippen LogP contribution >= 0.6 is 11.6 Å². The van der Waals surface area contributed by atoms with E-state index in [2.05, 4.69) is 15.4 Å². The monoisotopic (exact) mass is 326 g/mol. The quantitative estimate of drug-likeness (QED) is 0.918. The molecule has 1 aromatic heterocycles. The molecule has 114 valence electrons. The van der Waals surface area contributed by atoms with E-state index in [1.807, 2.05) is 20.9 Å². The van der Waals surface area contributed by atoms with E-state index in [0.717, 1.165) is 11.3 Å². The molecule has 1 aromatic carbocycles. The summed E-state index contributed by atoms with van der Waals surface area (Å²) in [6.07, 6.45) is 0.660. The van der Waals surface area contributed by atoms with Crippen molar-refractivity contribution in [2.24, 2.45) is 7.05 Å². The lowest BCUT2D eigenvalue weighted by Gasteiger charge is -2.07. The van der Waals surface area contributed by atoms with Gasteiger partial charge in [0.15, 0.2) is 0 Å². The third-order valence-electron chi connectivity index (χ3n) is 3.67. The fourth-order valence-electron chi connectivity index (χ4n) is 2.22. The zero-order valence-electron chi connectivity index (χ0n) is 12.4. The largest absolute Gasteiger partial charge is 0.352 e. The molecule has 2 rings (SSSR count). The van der Waals surface area contributed by atoms with E-state index in [1.54, 1.807) is 12.1 Å². The van der Waals surface area contributed by atoms with Gasteiger partial charge in [-0.25, -0.2) is 13.1 Å². The molecule has 0 aliphatic rings. The van der Waals surface area contributed by atoms with Gasteiger partial charge >= 0.3 is 0 Å². The highest BCUT2D eigenvalue weighted by molar-refractivity contribution is 7.89. The molecular formula is C15H19ClN2O2S. The number of rotatable bonds is 5. The third-order valence-corrected chi connectivity index (χ3v) is 5.37. The van der Waals surface area contributed by atoms with Gasteiger partial charge in [-0.3, -0.25) is 0 Å². The molecule has 0 bridgehead atoms. The number of aryl methyl sites for hydroxylation is 1. The van der Waals surface area contributed by atoms with Crippen LogP contribution in [-0.4, -0.2) is 19.5 Å². The summed E-state index contributed by atoms with van der Waals surface area (Å²) in [6.45, 7) is 4.43. The molecule has 21 heavy (non-hydrogen) atoms. The topological polar surface area (TPSA) is 51.1 Å². The van der Waals surface area contributed by atoms with Crippen LogP contribution < -0.4 is 4.72 Å². The molecule has 0 fully saturated rings. The second kappa shape index (κ2) is 6.22. The summed E-state index contributed by atoms with van der Waals surface area (Å²) < 4.78 is 29.0. The van der Waals surface area contributed by atoms with Gasteiger partial charge < -0.3 is 4.57 Å². The molecule has 0 amide bonds. The predicted molar refractivity (Wildman–Crippen MR) is 85.2 cm³/mol. The molecule has 1 heterocycles. The van der Waals surface area contributed by atoms with Crippen LogP contribution in [0.1, 0.15) is 17.0 Å². The molecule has 2 aromatic rings. The van der Waals surface area contributed by atoms with E-state index in [4.69, 9.17) is 11.6 Å². The summed E-state index contributed by atoms with van der Waals surface area (Å²) in [5, 5.41) is 0.410. The standard InChI is InChI=1S/C15H19ClN2O2S/c1-11-9-13(12(2)18(11)3)7-8-17-21(19,20)15-6-4-5-14(16)10-15/h4-6,9-10,17H,7-8H2,1-3H3. The maximum absolute atomic E-state index is 12.2. The zero-order valence-corrected chi connectivity index (χ0v) is 13.9. The number of benzene rings is 1. The van der Waals surface area contributed by atoms with Gasteiger partial charge in [0.05, 0.1) is 4.90 Å². The van der Waals surface area contributed by atoms with E-state index in [1.165, 1.54) is 17.8 Å². The van der Waals surface area contributed by atoms with Crippen molar-refractivity contribution in [1.29, 1.82) is 0 Å². The van der Waals surface area contributed by atoms with E-state index >= 15 is 0 Å². The summed E-state index contributed by atoms with van der Waals surface area (Å²) in [5.74, 6) is 0. The fourth-order valence-corrected chi connectivity index (χ4v) is 3.56. The Morgan fingerprint density at radius 2 is 1.95 bits per heavy atom. The lowest BCUT2D eigenvalue weighted by atomic mass is 10.2. The van der Waals surface area contributed by atoms with E-state index in [9.17, 15) is 8.42 Å². The summed E-state index contributed by atoms with van der Waals surface area (Å²) in [7, 11) is -1.51. The summed E-state index contributed by atoms with van der Waals surface area (Å²) in [5.41, 5.74) is 3.48. The van der Waals surface area contributed by atoms with E-state index in [0.29, 0.717) is 18.0 Å². The minimum atomic E-state index is -3.51. The first-order valence-electron chi connectivity index (χ1n) is 6.68. The molecule has 0 spiro atoms. The van der Waals surface area contributed by atoms with Gasteiger partial charge in [0.25, 0.3) is 0 Å². The van der Waals surface area contributed by atoms with Crippen molar-refractivity contribution >= 4 is 21.6 Å². The van der Waals surface area contributed by atoms with Crippen LogP contribution in [0.25, 0.3) is 0 Å². The number of nitrogens with one attached hydrogen (secondary N) is 1. The number of nitrogens with zero attached hydrogens (tertiary/aromatic N) is 1. The lowest BCUT2D eigenvalue weighted by Crippen LogP contribution is -2.26. The Hall–Kier alpha value is -1.30. The van der Waals surface area contributed by atoms with Crippen LogP contribution in [0.15, 0.2) is 35.2 Å². The first kappa shape index (κ1) is 16.1. The Morgan fingerprint density at radius 3 is 2.52 bits per heavy atom. The van der Waals surface area contributed by atoms with Crippen LogP contribution in [0.3, 0.4) is 0 Å². The highest BCUT2D eigenvalue weighted by Gasteiger charge is 2.14. The average molecular weight is 327 g/mol. The highest BCUT2D eigenvalue weighted by Crippen LogP contribution is 2.16. The van der Waals surface area contributed by atoms with Gasteiger partial charge in [0, 0.05) is 30.0 Å². The van der Waals surface area contributed by atoms with Crippen molar-refractivity contribution in [3.05, 3.63) is 52.3 Å². The van der Waals surface area contributed by atoms with Crippen molar-refractivity contribution in [2.45, 2.75) is 25.2 Å². The average Bonchev–Trinajstić information content (AvgIpc) is 2.66. The minimum absolute atomic E-state index is 0.191. The van der Waals surface area contributed by atoms with Crippen molar-refractivity contribution < 1.29 is 8.42 Å². The Balaban J connectivity index is 2.04. The molecule has 0 radical (unpaired) electrons. The molecule has 0 saturated carbocycles. The summed E-state index contributed by atoms with van der Waals surface area (Å²) >= 11 is 5.83. The molecule has 0 unspecified atom stereocenters. The second-order valence-corrected chi connectivity index (χ2v) is 7.26. The number of sulfonamides is 1. The summed E-state index contributed by atoms with van der Waals surface area (Å²) in [6, 6.07) is 8.34. The lowest BCUT2D eigenvalue weighted by molar-refractivity contribution is 0.581. The minimum Gasteiger partial charge on any atom is -0.352 e. The van der Waals surface area contributed by atoms with Crippen LogP contribution in [0, 0.1) is 13.8 Å². The maximum Gasteiger partial charge on any atom is 0.240 e. The van der Waals surface area contributed by atoms with Crippen molar-refractivity contribution in [1.82, 2.24) is 9.29 Å². The van der Waals surface area contributed by atoms with Crippen molar-refractivity contribution in [3.63, 3.8) is 0 Å². The van der Waals surface area contributed by atoms with Crippen molar-refractivity contribution in [2.75, 3.05) is 6.54 Å². The van der Waals surface area contributed by atoms with Crippen molar-refractivity contribution in [3.8, 4) is 0 Å². The molecule has 6 heteroatoms.